The van der Waals surface area contributed by atoms with E-state index in [9.17, 15) is 34.2 Å². The van der Waals surface area contributed by atoms with Crippen LogP contribution in [0.25, 0.3) is 10.9 Å². The molecule has 3 amide bonds. The van der Waals surface area contributed by atoms with Gasteiger partial charge in [0.15, 0.2) is 5.96 Å². The van der Waals surface area contributed by atoms with Crippen molar-refractivity contribution in [1.82, 2.24) is 20.9 Å². The summed E-state index contributed by atoms with van der Waals surface area (Å²) >= 11 is 0. The Morgan fingerprint density at radius 2 is 1.57 bits per heavy atom. The van der Waals surface area contributed by atoms with Crippen molar-refractivity contribution in [1.29, 1.82) is 0 Å². The highest BCUT2D eigenvalue weighted by atomic mass is 16.4. The van der Waals surface area contributed by atoms with E-state index in [-0.39, 0.29) is 37.7 Å². The summed E-state index contributed by atoms with van der Waals surface area (Å²) < 4.78 is 0. The molecule has 42 heavy (non-hydrogen) atoms. The van der Waals surface area contributed by atoms with E-state index in [2.05, 4.69) is 25.9 Å². The number of nitrogens with one attached hydrogen (secondary N) is 4. The second-order valence-corrected chi connectivity index (χ2v) is 10.0. The van der Waals surface area contributed by atoms with Crippen LogP contribution >= 0.6 is 0 Å². The highest BCUT2D eigenvalue weighted by molar-refractivity contribution is 5.96. The van der Waals surface area contributed by atoms with Gasteiger partial charge in [0.05, 0.1) is 12.5 Å². The number of carbonyl (C=O) groups is 5. The van der Waals surface area contributed by atoms with E-state index in [1.807, 2.05) is 31.2 Å². The molecule has 1 heterocycles. The minimum absolute atomic E-state index is 0.00122. The van der Waals surface area contributed by atoms with Gasteiger partial charge in [0.2, 0.25) is 17.7 Å². The SMILES string of the molecule is CCC(C)C(N)C(=O)NC(Cc1c[nH]c2ccccc12)C(=O)NC(CC(=O)O)C(=O)NC(CCCN=C(N)N)C(=O)O. The maximum atomic E-state index is 13.5. The predicted molar refractivity (Wildman–Crippen MR) is 155 cm³/mol. The van der Waals surface area contributed by atoms with Gasteiger partial charge in [-0.15, -0.1) is 0 Å². The number of aliphatic carboxylic acids is 2. The molecular weight excluding hydrogens is 548 g/mol. The molecule has 5 atom stereocenters. The summed E-state index contributed by atoms with van der Waals surface area (Å²) in [6.45, 7) is 3.78. The van der Waals surface area contributed by atoms with Gasteiger partial charge < -0.3 is 48.3 Å². The Hall–Kier alpha value is -4.66. The first-order valence-electron chi connectivity index (χ1n) is 13.6. The van der Waals surface area contributed by atoms with Gasteiger partial charge in [-0.25, -0.2) is 4.79 Å². The topological polar surface area (TPSA) is 268 Å². The first kappa shape index (κ1) is 33.5. The molecule has 0 radical (unpaired) electrons. The molecule has 0 saturated heterocycles. The quantitative estimate of drug-likeness (QED) is 0.0627. The van der Waals surface area contributed by atoms with Gasteiger partial charge in [0.1, 0.15) is 18.1 Å². The summed E-state index contributed by atoms with van der Waals surface area (Å²) in [6.07, 6.45) is 1.62. The van der Waals surface area contributed by atoms with E-state index >= 15 is 0 Å². The third-order valence-corrected chi connectivity index (χ3v) is 6.86. The highest BCUT2D eigenvalue weighted by Crippen LogP contribution is 2.19. The molecule has 0 saturated carbocycles. The van der Waals surface area contributed by atoms with Crippen LogP contribution in [0.15, 0.2) is 35.5 Å². The normalized spacial score (nSPS) is 14.5. The number of carbonyl (C=O) groups excluding carboxylic acids is 3. The van der Waals surface area contributed by atoms with Crippen LogP contribution in [0.1, 0.15) is 45.1 Å². The number of fused-ring (bicyclic) bond motifs is 1. The zero-order chi connectivity index (χ0) is 31.4. The van der Waals surface area contributed by atoms with Crippen LogP contribution < -0.4 is 33.2 Å². The monoisotopic (exact) mass is 588 g/mol. The molecule has 15 heteroatoms. The van der Waals surface area contributed by atoms with Gasteiger partial charge in [-0.1, -0.05) is 38.5 Å². The van der Waals surface area contributed by atoms with E-state index in [0.717, 1.165) is 10.9 Å². The average Bonchev–Trinajstić information content (AvgIpc) is 3.34. The Morgan fingerprint density at radius 1 is 0.952 bits per heavy atom. The average molecular weight is 589 g/mol. The third-order valence-electron chi connectivity index (χ3n) is 6.86. The number of para-hydroxylation sites is 1. The summed E-state index contributed by atoms with van der Waals surface area (Å²) in [5, 5.41) is 27.0. The first-order chi connectivity index (χ1) is 19.8. The van der Waals surface area contributed by atoms with E-state index in [4.69, 9.17) is 17.2 Å². The fourth-order valence-electron chi connectivity index (χ4n) is 4.20. The number of aromatic nitrogens is 1. The lowest BCUT2D eigenvalue weighted by atomic mass is 9.98. The van der Waals surface area contributed by atoms with Gasteiger partial charge in [-0.05, 0) is 30.4 Å². The fraction of sp³-hybridized carbons (Fsp3) is 0.481. The van der Waals surface area contributed by atoms with E-state index in [1.54, 1.807) is 13.1 Å². The summed E-state index contributed by atoms with van der Waals surface area (Å²) in [5.74, 6) is -5.58. The van der Waals surface area contributed by atoms with E-state index in [1.165, 1.54) is 0 Å². The Morgan fingerprint density at radius 3 is 2.19 bits per heavy atom. The van der Waals surface area contributed by atoms with Gasteiger partial charge in [0.25, 0.3) is 0 Å². The van der Waals surface area contributed by atoms with Crippen molar-refractivity contribution in [3.8, 4) is 0 Å². The number of nitrogens with zero attached hydrogens (tertiary/aromatic N) is 1. The minimum Gasteiger partial charge on any atom is -0.481 e. The van der Waals surface area contributed by atoms with Gasteiger partial charge in [-0.2, -0.15) is 0 Å². The summed E-state index contributed by atoms with van der Waals surface area (Å²) in [6, 6.07) is 2.15. The number of hydrogen-bond donors (Lipinski definition) is 9. The molecule has 2 rings (SSSR count). The lowest BCUT2D eigenvalue weighted by Crippen LogP contribution is -2.58. The van der Waals surface area contributed by atoms with Crippen LogP contribution in [0.5, 0.6) is 0 Å². The van der Waals surface area contributed by atoms with Crippen LogP contribution in [-0.4, -0.2) is 81.5 Å². The largest absolute Gasteiger partial charge is 0.481 e. The van der Waals surface area contributed by atoms with E-state index < -0.39 is 60.2 Å². The molecule has 0 aliphatic carbocycles. The number of amides is 3. The molecule has 0 aliphatic rings. The molecule has 0 aliphatic heterocycles. The Balaban J connectivity index is 2.27. The molecule has 0 bridgehead atoms. The number of carboxylic acid groups (broad SMARTS) is 2. The Labute approximate surface area is 242 Å². The number of aromatic amines is 1. The molecule has 0 fully saturated rings. The minimum atomic E-state index is -1.64. The maximum Gasteiger partial charge on any atom is 0.326 e. The number of guanidine groups is 1. The van der Waals surface area contributed by atoms with Crippen molar-refractivity contribution in [2.75, 3.05) is 6.54 Å². The van der Waals surface area contributed by atoms with Gasteiger partial charge in [0, 0.05) is 30.1 Å². The van der Waals surface area contributed by atoms with Crippen molar-refractivity contribution in [2.45, 2.75) is 70.1 Å². The number of carboxylic acids is 2. The molecule has 12 N–H and O–H groups in total. The molecule has 1 aromatic heterocycles. The predicted octanol–water partition coefficient (Wildman–Crippen LogP) is -0.849. The summed E-state index contributed by atoms with van der Waals surface area (Å²) in [5.41, 5.74) is 18.1. The van der Waals surface area contributed by atoms with Crippen molar-refractivity contribution < 1.29 is 34.2 Å². The van der Waals surface area contributed by atoms with Gasteiger partial charge >= 0.3 is 11.9 Å². The molecule has 2 aromatic rings. The lowest BCUT2D eigenvalue weighted by Gasteiger charge is -2.25. The number of nitrogens with two attached hydrogens (primary N) is 3. The zero-order valence-electron chi connectivity index (χ0n) is 23.6. The standard InChI is InChI=1S/C27H40N8O7/c1-3-14(2)22(28)25(40)35-19(11-15-13-32-17-8-5-4-7-16(15)17)23(38)34-20(12-21(36)37)24(39)33-18(26(41)42)9-6-10-31-27(29)30/h4-5,7-8,13-14,18-20,22,32H,3,6,9-12,28H2,1-2H3,(H,33,39)(H,34,38)(H,35,40)(H,36,37)(H,41,42)(H4,29,30,31). The number of benzene rings is 1. The molecule has 0 spiro atoms. The Bertz CT molecular complexity index is 1290. The Kier molecular flexibility index (Phi) is 12.7. The smallest absolute Gasteiger partial charge is 0.326 e. The van der Waals surface area contributed by atoms with E-state index in [0.29, 0.717) is 12.0 Å². The molecule has 1 aromatic carbocycles. The highest BCUT2D eigenvalue weighted by Gasteiger charge is 2.32. The van der Waals surface area contributed by atoms with Crippen molar-refractivity contribution >= 4 is 46.5 Å². The number of H-pyrrole nitrogens is 1. The van der Waals surface area contributed by atoms with Crippen LogP contribution in [-0.2, 0) is 30.4 Å². The summed E-state index contributed by atoms with van der Waals surface area (Å²) in [7, 11) is 0. The second-order valence-electron chi connectivity index (χ2n) is 10.0. The third kappa shape index (κ3) is 10.1. The van der Waals surface area contributed by atoms with Crippen LogP contribution in [0.2, 0.25) is 0 Å². The molecular formula is C27H40N8O7. The van der Waals surface area contributed by atoms with Crippen LogP contribution in [0.3, 0.4) is 0 Å². The number of rotatable bonds is 17. The molecule has 15 nitrogen and oxygen atoms in total. The van der Waals surface area contributed by atoms with Crippen molar-refractivity contribution in [2.24, 2.45) is 28.1 Å². The fourth-order valence-corrected chi connectivity index (χ4v) is 4.20. The lowest BCUT2D eigenvalue weighted by molar-refractivity contribution is -0.143. The van der Waals surface area contributed by atoms with Crippen LogP contribution in [0, 0.1) is 5.92 Å². The van der Waals surface area contributed by atoms with Crippen molar-refractivity contribution in [3.05, 3.63) is 36.0 Å². The van der Waals surface area contributed by atoms with Crippen LogP contribution in [0.4, 0.5) is 0 Å². The second kappa shape index (κ2) is 16.0. The molecule has 230 valence electrons. The molecule has 5 unspecified atom stereocenters. The number of hydrogen-bond acceptors (Lipinski definition) is 7. The summed E-state index contributed by atoms with van der Waals surface area (Å²) in [4.78, 5) is 69.6. The van der Waals surface area contributed by atoms with Gasteiger partial charge in [-0.3, -0.25) is 24.2 Å². The number of aliphatic imine (C=N–C) groups is 1. The zero-order valence-corrected chi connectivity index (χ0v) is 23.6. The first-order valence-corrected chi connectivity index (χ1v) is 13.6. The maximum absolute atomic E-state index is 13.5. The van der Waals surface area contributed by atoms with Crippen molar-refractivity contribution in [3.63, 3.8) is 0 Å².